The van der Waals surface area contributed by atoms with Crippen LogP contribution in [0.4, 0.5) is 5.69 Å². The third kappa shape index (κ3) is 9.99. The summed E-state index contributed by atoms with van der Waals surface area (Å²) in [6.45, 7) is -0.811. The van der Waals surface area contributed by atoms with Crippen molar-refractivity contribution >= 4 is 23.5 Å². The van der Waals surface area contributed by atoms with Crippen molar-refractivity contribution in [3.8, 4) is 5.75 Å². The van der Waals surface area contributed by atoms with Gasteiger partial charge in [0.2, 0.25) is 18.1 Å². The molecule has 1 aromatic carbocycles. The number of ether oxygens (including phenoxy) is 6. The molecule has 3 aliphatic rings. The summed E-state index contributed by atoms with van der Waals surface area (Å²) in [5.74, 6) is -6.41. The molecule has 2 amide bonds. The maximum absolute atomic E-state index is 12.7. The molecule has 310 valence electrons. The fourth-order valence-corrected chi connectivity index (χ4v) is 6.31. The van der Waals surface area contributed by atoms with E-state index < -0.39 is 147 Å². The summed E-state index contributed by atoms with van der Waals surface area (Å²) in [5, 5.41) is 120. The number of carbonyl (C=O) groups is 3. The largest absolute Gasteiger partial charge is 0.477 e. The van der Waals surface area contributed by atoms with E-state index in [1.54, 1.807) is 0 Å². The van der Waals surface area contributed by atoms with Crippen molar-refractivity contribution in [3.63, 3.8) is 0 Å². The van der Waals surface area contributed by atoms with Crippen LogP contribution in [-0.4, -0.2) is 191 Å². The van der Waals surface area contributed by atoms with Crippen molar-refractivity contribution in [2.45, 2.75) is 118 Å². The number of aliphatic carboxylic acids is 1. The van der Waals surface area contributed by atoms with E-state index in [-0.39, 0.29) is 11.4 Å². The Morgan fingerprint density at radius 2 is 1.51 bits per heavy atom. The molecular weight excluding hydrogens is 750 g/mol. The van der Waals surface area contributed by atoms with Gasteiger partial charge in [0.1, 0.15) is 72.8 Å². The van der Waals surface area contributed by atoms with Crippen LogP contribution < -0.4 is 15.4 Å². The Hall–Kier alpha value is -3.73. The molecule has 16 atom stereocenters. The van der Waals surface area contributed by atoms with Crippen LogP contribution in [0.2, 0.25) is 0 Å². The van der Waals surface area contributed by atoms with Gasteiger partial charge in [0.25, 0.3) is 11.5 Å². The number of amides is 2. The molecule has 24 nitrogen and oxygen atoms in total. The standard InChI is InChI=1S/C31H45N3O21/c1-11(37)32-19-15(39)7-31(30(46)47,55-27(19)21(41)16(40)8-35)50-10-18-23(43)26(54-29-25(45)24(44)22(42)17(9-36)52-29)20(33-12(2)38)28(53-18)51-14-5-3-13(4-6-14)34(48)49/h3-6,15-29,35-36,39-45H,7-10H2,1-2H3,(H,32,37)(H,33,38)(H,46,47)/t15-,16-,17+,18+,19-,20+,21-,22+,23+,24+,25+,26-,27-,28-,29+,31-/m1/s1. The fourth-order valence-electron chi connectivity index (χ4n) is 6.31. The number of hydrogen-bond donors (Lipinski definition) is 12. The minimum Gasteiger partial charge on any atom is -0.477 e. The van der Waals surface area contributed by atoms with E-state index in [0.29, 0.717) is 0 Å². The van der Waals surface area contributed by atoms with E-state index in [4.69, 9.17) is 28.4 Å². The lowest BCUT2D eigenvalue weighted by atomic mass is 9.88. The van der Waals surface area contributed by atoms with Crippen LogP contribution >= 0.6 is 0 Å². The van der Waals surface area contributed by atoms with Gasteiger partial charge in [-0.25, -0.2) is 4.79 Å². The van der Waals surface area contributed by atoms with Crippen molar-refractivity contribution in [2.75, 3.05) is 19.8 Å². The molecule has 0 aromatic heterocycles. The molecule has 0 unspecified atom stereocenters. The quantitative estimate of drug-likeness (QED) is 0.0580. The van der Waals surface area contributed by atoms with E-state index in [0.717, 1.165) is 38.1 Å². The second-order valence-corrected chi connectivity index (χ2v) is 13.1. The third-order valence-corrected chi connectivity index (χ3v) is 9.15. The lowest BCUT2D eigenvalue weighted by molar-refractivity contribution is -0.384. The molecule has 0 aliphatic carbocycles. The van der Waals surface area contributed by atoms with Crippen LogP contribution in [0.25, 0.3) is 0 Å². The lowest BCUT2D eigenvalue weighted by Crippen LogP contribution is -2.70. The van der Waals surface area contributed by atoms with Crippen molar-refractivity contribution in [1.29, 1.82) is 0 Å². The molecule has 0 saturated carbocycles. The number of carboxylic acids is 1. The van der Waals surface area contributed by atoms with E-state index in [1.807, 2.05) is 0 Å². The zero-order chi connectivity index (χ0) is 40.9. The highest BCUT2D eigenvalue weighted by Crippen LogP contribution is 2.36. The highest BCUT2D eigenvalue weighted by atomic mass is 16.8. The Labute approximate surface area is 310 Å². The molecule has 4 rings (SSSR count). The van der Waals surface area contributed by atoms with Gasteiger partial charge in [-0.3, -0.25) is 19.7 Å². The first kappa shape index (κ1) is 44.0. The number of benzene rings is 1. The first-order valence-electron chi connectivity index (χ1n) is 16.8. The predicted octanol–water partition coefficient (Wildman–Crippen LogP) is -6.08. The van der Waals surface area contributed by atoms with Crippen LogP contribution in [0, 0.1) is 10.1 Å². The molecule has 3 heterocycles. The average molecular weight is 796 g/mol. The number of rotatable bonds is 15. The zero-order valence-corrected chi connectivity index (χ0v) is 29.2. The molecule has 24 heteroatoms. The molecule has 3 fully saturated rings. The second kappa shape index (κ2) is 18.5. The Morgan fingerprint density at radius 3 is 2.05 bits per heavy atom. The van der Waals surface area contributed by atoms with Gasteiger partial charge >= 0.3 is 5.97 Å². The van der Waals surface area contributed by atoms with E-state index in [1.165, 1.54) is 0 Å². The normalized spacial score (nSPS) is 37.6. The average Bonchev–Trinajstić information content (AvgIpc) is 3.13. The molecule has 0 radical (unpaired) electrons. The van der Waals surface area contributed by atoms with Gasteiger partial charge in [-0.1, -0.05) is 0 Å². The number of aliphatic hydroxyl groups excluding tert-OH is 9. The number of carboxylic acid groups (broad SMARTS) is 1. The molecule has 1 aromatic rings. The first-order valence-corrected chi connectivity index (χ1v) is 16.8. The zero-order valence-electron chi connectivity index (χ0n) is 29.2. The second-order valence-electron chi connectivity index (χ2n) is 13.1. The Balaban J connectivity index is 1.71. The number of non-ortho nitro benzene ring substituents is 1. The van der Waals surface area contributed by atoms with Gasteiger partial charge in [-0.05, 0) is 12.1 Å². The van der Waals surface area contributed by atoms with Gasteiger partial charge < -0.3 is 90.1 Å². The fraction of sp³-hybridized carbons (Fsp3) is 0.710. The number of hydrogen-bond acceptors (Lipinski definition) is 20. The van der Waals surface area contributed by atoms with E-state index in [2.05, 4.69) is 10.6 Å². The molecular formula is C31H45N3O21. The van der Waals surface area contributed by atoms with Gasteiger partial charge in [-0.2, -0.15) is 0 Å². The van der Waals surface area contributed by atoms with Crippen LogP contribution in [0.3, 0.4) is 0 Å². The third-order valence-electron chi connectivity index (χ3n) is 9.15. The molecule has 0 spiro atoms. The van der Waals surface area contributed by atoms with Gasteiger partial charge in [0, 0.05) is 32.4 Å². The Kier molecular flexibility index (Phi) is 14.8. The number of nitro benzene ring substituents is 1. The van der Waals surface area contributed by atoms with Crippen LogP contribution in [0.15, 0.2) is 24.3 Å². The highest BCUT2D eigenvalue weighted by Gasteiger charge is 2.58. The molecule has 3 aliphatic heterocycles. The van der Waals surface area contributed by atoms with E-state index >= 15 is 0 Å². The minimum atomic E-state index is -2.91. The monoisotopic (exact) mass is 795 g/mol. The molecule has 3 saturated heterocycles. The Morgan fingerprint density at radius 1 is 0.909 bits per heavy atom. The number of aliphatic hydroxyl groups is 9. The number of nitro groups is 1. The lowest BCUT2D eigenvalue weighted by Gasteiger charge is -2.49. The van der Waals surface area contributed by atoms with Gasteiger partial charge in [0.05, 0.1) is 36.9 Å². The number of nitrogens with zero attached hydrogens (tertiary/aromatic N) is 1. The van der Waals surface area contributed by atoms with E-state index in [9.17, 15) is 75.6 Å². The smallest absolute Gasteiger partial charge is 0.364 e. The van der Waals surface area contributed by atoms with Crippen LogP contribution in [0.5, 0.6) is 5.75 Å². The summed E-state index contributed by atoms with van der Waals surface area (Å²) in [5.41, 5.74) is -0.329. The molecule has 0 bridgehead atoms. The molecule has 12 N–H and O–H groups in total. The summed E-state index contributed by atoms with van der Waals surface area (Å²) >= 11 is 0. The van der Waals surface area contributed by atoms with Crippen molar-refractivity contribution in [2.24, 2.45) is 0 Å². The maximum Gasteiger partial charge on any atom is 0.364 e. The highest BCUT2D eigenvalue weighted by molar-refractivity contribution is 5.76. The van der Waals surface area contributed by atoms with Crippen molar-refractivity contribution in [1.82, 2.24) is 10.6 Å². The summed E-state index contributed by atoms with van der Waals surface area (Å²) in [6, 6.07) is 1.35. The van der Waals surface area contributed by atoms with Gasteiger partial charge in [0.15, 0.2) is 6.29 Å². The summed E-state index contributed by atoms with van der Waals surface area (Å²) < 4.78 is 34.3. The maximum atomic E-state index is 12.7. The van der Waals surface area contributed by atoms with Crippen LogP contribution in [0.1, 0.15) is 20.3 Å². The molecule has 55 heavy (non-hydrogen) atoms. The number of carbonyl (C=O) groups excluding carboxylic acids is 2. The summed E-state index contributed by atoms with van der Waals surface area (Å²) in [6.07, 6.45) is -25.2. The number of nitrogens with one attached hydrogen (secondary N) is 2. The topological polar surface area (TPSA) is 376 Å². The SMILES string of the molecule is CC(=O)N[C@@H]1[C@H](Oc2ccc([N+](=O)[O-])cc2)O[C@@H](CO[C@]2(C(=O)O)C[C@@H](O)[C@@H](NC(C)=O)[C@H]([C@H](O)[C@H](O)CO)O2)[C@H](O)[C@@H]1O[C@@H]1O[C@@H](CO)[C@H](O)[C@H](O)[C@@H]1O. The summed E-state index contributed by atoms with van der Waals surface area (Å²) in [7, 11) is 0. The minimum absolute atomic E-state index is 0.0994. The first-order chi connectivity index (χ1) is 25.8. The predicted molar refractivity (Wildman–Crippen MR) is 173 cm³/mol. The van der Waals surface area contributed by atoms with Crippen LogP contribution in [-0.2, 0) is 38.1 Å². The Bertz CT molecular complexity index is 1490. The van der Waals surface area contributed by atoms with Gasteiger partial charge in [-0.15, -0.1) is 0 Å². The summed E-state index contributed by atoms with van der Waals surface area (Å²) in [4.78, 5) is 47.6. The van der Waals surface area contributed by atoms with Crippen molar-refractivity contribution < 1.29 is 98.8 Å². The van der Waals surface area contributed by atoms with Crippen molar-refractivity contribution in [3.05, 3.63) is 34.4 Å².